The lowest BCUT2D eigenvalue weighted by atomic mass is 10.2. The molecule has 0 aliphatic heterocycles. The quantitative estimate of drug-likeness (QED) is 0.272. The molecule has 11 nitrogen and oxygen atoms in total. The molecular formula is C18H18N6O5S3. The molecule has 0 aliphatic rings. The van der Waals surface area contributed by atoms with Crippen LogP contribution in [0.1, 0.15) is 29.1 Å². The summed E-state index contributed by atoms with van der Waals surface area (Å²) in [6.45, 7) is 4.22. The van der Waals surface area contributed by atoms with Gasteiger partial charge in [0, 0.05) is 30.9 Å². The standard InChI is InChI=1S/C18H18N6O5S3/c1-3-23(4-2)32(28,29)14-8-5-12(6-9-14)16(25)20-18-22-21-17(31-18)19-11-13-7-10-15(30-13)24(26)27/h5-11H,3-4H2,1-2H3,(H,20,22,25)/b19-11+. The van der Waals surface area contributed by atoms with Gasteiger partial charge in [0.25, 0.3) is 5.91 Å². The van der Waals surface area contributed by atoms with E-state index in [2.05, 4.69) is 20.5 Å². The molecule has 0 atom stereocenters. The molecule has 1 N–H and O–H groups in total. The van der Waals surface area contributed by atoms with Crippen LogP contribution in [0.25, 0.3) is 0 Å². The maximum absolute atomic E-state index is 12.5. The van der Waals surface area contributed by atoms with Gasteiger partial charge >= 0.3 is 5.00 Å². The Morgan fingerprint density at radius 1 is 1.16 bits per heavy atom. The number of anilines is 1. The second-order valence-electron chi connectivity index (χ2n) is 6.15. The molecule has 0 unspecified atom stereocenters. The van der Waals surface area contributed by atoms with Crippen molar-refractivity contribution in [3.05, 3.63) is 57.0 Å². The third kappa shape index (κ3) is 5.40. The third-order valence-corrected chi connectivity index (χ3v) is 7.97. The van der Waals surface area contributed by atoms with Gasteiger partial charge in [0.15, 0.2) is 0 Å². The van der Waals surface area contributed by atoms with E-state index in [9.17, 15) is 23.3 Å². The van der Waals surface area contributed by atoms with Crippen molar-refractivity contribution >= 4 is 60.1 Å². The Bertz CT molecular complexity index is 1250. The number of thiophene rings is 1. The van der Waals surface area contributed by atoms with E-state index in [1.807, 2.05) is 0 Å². The molecule has 0 bridgehead atoms. The van der Waals surface area contributed by atoms with Crippen LogP contribution in [0.4, 0.5) is 15.3 Å². The van der Waals surface area contributed by atoms with Crippen LogP contribution in [0.15, 0.2) is 46.3 Å². The summed E-state index contributed by atoms with van der Waals surface area (Å²) in [7, 11) is -3.60. The first-order chi connectivity index (χ1) is 15.2. The number of rotatable bonds is 9. The Kier molecular flexibility index (Phi) is 7.40. The number of aliphatic imine (C=N–C) groups is 1. The van der Waals surface area contributed by atoms with Crippen LogP contribution in [-0.2, 0) is 10.0 Å². The Labute approximate surface area is 191 Å². The molecule has 0 saturated carbocycles. The zero-order chi connectivity index (χ0) is 23.3. The van der Waals surface area contributed by atoms with Gasteiger partial charge < -0.3 is 0 Å². The van der Waals surface area contributed by atoms with Crippen LogP contribution in [0.5, 0.6) is 0 Å². The second kappa shape index (κ2) is 10.0. The highest BCUT2D eigenvalue weighted by atomic mass is 32.2. The summed E-state index contributed by atoms with van der Waals surface area (Å²) in [5, 5.41) is 21.5. The zero-order valence-electron chi connectivity index (χ0n) is 17.0. The predicted molar refractivity (Wildman–Crippen MR) is 123 cm³/mol. The van der Waals surface area contributed by atoms with Crippen LogP contribution < -0.4 is 5.32 Å². The molecular weight excluding hydrogens is 476 g/mol. The number of carbonyl (C=O) groups is 1. The molecule has 0 radical (unpaired) electrons. The summed E-state index contributed by atoms with van der Waals surface area (Å²) in [6, 6.07) is 8.58. The number of hydrogen-bond donors (Lipinski definition) is 1. The van der Waals surface area contributed by atoms with Crippen LogP contribution in [0.3, 0.4) is 0 Å². The second-order valence-corrected chi connectivity index (χ2v) is 10.1. The fourth-order valence-corrected chi connectivity index (χ4v) is 5.34. The lowest BCUT2D eigenvalue weighted by Gasteiger charge is -2.18. The number of nitrogens with one attached hydrogen (secondary N) is 1. The monoisotopic (exact) mass is 494 g/mol. The molecule has 2 aromatic heterocycles. The summed E-state index contributed by atoms with van der Waals surface area (Å²) >= 11 is 2.00. The van der Waals surface area contributed by atoms with E-state index in [0.29, 0.717) is 18.0 Å². The van der Waals surface area contributed by atoms with Gasteiger partial charge in [0.05, 0.1) is 14.7 Å². The molecule has 0 spiro atoms. The highest BCUT2D eigenvalue weighted by Gasteiger charge is 2.22. The minimum absolute atomic E-state index is 0.00702. The number of hydrogen-bond acceptors (Lipinski definition) is 10. The first-order valence-corrected chi connectivity index (χ1v) is 12.3. The molecule has 0 fully saturated rings. The van der Waals surface area contributed by atoms with Crippen LogP contribution >= 0.6 is 22.7 Å². The molecule has 14 heteroatoms. The Morgan fingerprint density at radius 2 is 1.84 bits per heavy atom. The largest absolute Gasteiger partial charge is 0.324 e. The van der Waals surface area contributed by atoms with Gasteiger partial charge in [0.1, 0.15) is 0 Å². The number of nitrogens with zero attached hydrogens (tertiary/aromatic N) is 5. The van der Waals surface area contributed by atoms with E-state index in [0.717, 1.165) is 22.7 Å². The highest BCUT2D eigenvalue weighted by Crippen LogP contribution is 2.26. The summed E-state index contributed by atoms with van der Waals surface area (Å²) < 4.78 is 26.4. The summed E-state index contributed by atoms with van der Waals surface area (Å²) in [4.78, 5) is 27.5. The van der Waals surface area contributed by atoms with Gasteiger partial charge in [-0.25, -0.2) is 13.4 Å². The highest BCUT2D eigenvalue weighted by molar-refractivity contribution is 7.89. The van der Waals surface area contributed by atoms with Crippen LogP contribution in [0, 0.1) is 10.1 Å². The molecule has 3 rings (SSSR count). The molecule has 168 valence electrons. The van der Waals surface area contributed by atoms with Gasteiger partial charge in [-0.3, -0.25) is 20.2 Å². The lowest BCUT2D eigenvalue weighted by Crippen LogP contribution is -2.30. The van der Waals surface area contributed by atoms with E-state index in [4.69, 9.17) is 0 Å². The fraction of sp³-hybridized carbons (Fsp3) is 0.222. The van der Waals surface area contributed by atoms with E-state index in [-0.39, 0.29) is 25.7 Å². The van der Waals surface area contributed by atoms with Crippen molar-refractivity contribution < 1.29 is 18.1 Å². The van der Waals surface area contributed by atoms with Crippen LogP contribution in [0.2, 0.25) is 0 Å². The molecule has 2 heterocycles. The molecule has 1 amide bonds. The van der Waals surface area contributed by atoms with E-state index in [1.165, 1.54) is 40.9 Å². The SMILES string of the molecule is CCN(CC)S(=O)(=O)c1ccc(C(=O)Nc2nnc(/N=C/c3ccc([N+](=O)[O-])s3)s2)cc1. The Morgan fingerprint density at radius 3 is 2.44 bits per heavy atom. The minimum Gasteiger partial charge on any atom is -0.296 e. The third-order valence-electron chi connectivity index (χ3n) is 4.19. The van der Waals surface area contributed by atoms with Crippen molar-refractivity contribution in [3.8, 4) is 0 Å². The summed E-state index contributed by atoms with van der Waals surface area (Å²) in [6.07, 6.45) is 1.43. The van der Waals surface area contributed by atoms with Crippen molar-refractivity contribution in [2.75, 3.05) is 18.4 Å². The van der Waals surface area contributed by atoms with Crippen LogP contribution in [-0.4, -0.2) is 53.1 Å². The smallest absolute Gasteiger partial charge is 0.296 e. The van der Waals surface area contributed by atoms with Gasteiger partial charge in [-0.15, -0.1) is 10.2 Å². The zero-order valence-corrected chi connectivity index (χ0v) is 19.4. The van der Waals surface area contributed by atoms with Crippen molar-refractivity contribution in [2.24, 2.45) is 4.99 Å². The number of nitro groups is 1. The molecule has 0 aliphatic carbocycles. The van der Waals surface area contributed by atoms with E-state index >= 15 is 0 Å². The van der Waals surface area contributed by atoms with E-state index < -0.39 is 20.9 Å². The van der Waals surface area contributed by atoms with Gasteiger partial charge in [0.2, 0.25) is 20.3 Å². The maximum Gasteiger partial charge on any atom is 0.324 e. The summed E-state index contributed by atoms with van der Waals surface area (Å²) in [5.41, 5.74) is 0.259. The first kappa shape index (κ1) is 23.6. The normalized spacial score (nSPS) is 11.8. The minimum atomic E-state index is -3.60. The average molecular weight is 495 g/mol. The topological polar surface area (TPSA) is 148 Å². The lowest BCUT2D eigenvalue weighted by molar-refractivity contribution is -0.380. The fourth-order valence-electron chi connectivity index (χ4n) is 2.61. The van der Waals surface area contributed by atoms with Gasteiger partial charge in [-0.05, 0) is 30.3 Å². The number of carbonyl (C=O) groups excluding carboxylic acids is 1. The van der Waals surface area contributed by atoms with Crippen molar-refractivity contribution in [3.63, 3.8) is 0 Å². The summed E-state index contributed by atoms with van der Waals surface area (Å²) in [5.74, 6) is -0.475. The average Bonchev–Trinajstić information content (AvgIpc) is 3.42. The maximum atomic E-state index is 12.5. The number of benzene rings is 1. The number of amides is 1. The van der Waals surface area contributed by atoms with Crippen molar-refractivity contribution in [1.82, 2.24) is 14.5 Å². The van der Waals surface area contributed by atoms with Crippen molar-refractivity contribution in [1.29, 1.82) is 0 Å². The molecule has 3 aromatic rings. The van der Waals surface area contributed by atoms with Gasteiger partial charge in [-0.1, -0.05) is 36.5 Å². The van der Waals surface area contributed by atoms with E-state index in [1.54, 1.807) is 19.9 Å². The molecule has 32 heavy (non-hydrogen) atoms. The predicted octanol–water partition coefficient (Wildman–Crippen LogP) is 3.54. The Hall–Kier alpha value is -3.07. The Balaban J connectivity index is 1.65. The number of aromatic nitrogens is 2. The molecule has 1 aromatic carbocycles. The van der Waals surface area contributed by atoms with Gasteiger partial charge in [-0.2, -0.15) is 4.31 Å². The molecule has 0 saturated heterocycles. The van der Waals surface area contributed by atoms with Crippen molar-refractivity contribution in [2.45, 2.75) is 18.7 Å². The number of sulfonamides is 1. The first-order valence-electron chi connectivity index (χ1n) is 9.28.